The first-order chi connectivity index (χ1) is 7.55. The number of aromatic nitrogens is 2. The fraction of sp³-hybridized carbons (Fsp3) is 0.727. The lowest BCUT2D eigenvalue weighted by Crippen LogP contribution is -2.20. The molecule has 0 atom stereocenters. The number of hydrogen-bond acceptors (Lipinski definition) is 5. The van der Waals surface area contributed by atoms with E-state index in [4.69, 9.17) is 9.26 Å². The molecule has 0 saturated heterocycles. The van der Waals surface area contributed by atoms with Crippen LogP contribution in [0.4, 0.5) is 0 Å². The maximum absolute atomic E-state index is 11.4. The average molecular weight is 224 g/mol. The first kappa shape index (κ1) is 11.1. The number of ether oxygens (including phenoxy) is 1. The van der Waals surface area contributed by atoms with Gasteiger partial charge in [-0.1, -0.05) is 13.8 Å². The summed E-state index contributed by atoms with van der Waals surface area (Å²) in [6.45, 7) is 6.18. The van der Waals surface area contributed by atoms with Crippen LogP contribution in [-0.2, 0) is 10.2 Å². The van der Waals surface area contributed by atoms with Crippen LogP contribution in [-0.4, -0.2) is 22.7 Å². The van der Waals surface area contributed by atoms with Crippen LogP contribution in [0.3, 0.4) is 0 Å². The van der Waals surface area contributed by atoms with Crippen LogP contribution >= 0.6 is 0 Å². The predicted molar refractivity (Wildman–Crippen MR) is 56.0 cm³/mol. The molecule has 5 heteroatoms. The van der Waals surface area contributed by atoms with Crippen LogP contribution in [0.25, 0.3) is 0 Å². The van der Waals surface area contributed by atoms with Crippen molar-refractivity contribution in [2.75, 3.05) is 6.61 Å². The second-order valence-electron chi connectivity index (χ2n) is 4.64. The summed E-state index contributed by atoms with van der Waals surface area (Å²) in [5.41, 5.74) is -0.141. The Hall–Kier alpha value is -1.39. The Balaban J connectivity index is 2.15. The minimum Gasteiger partial charge on any atom is -0.460 e. The second-order valence-corrected chi connectivity index (χ2v) is 4.64. The van der Waals surface area contributed by atoms with Gasteiger partial charge in [0, 0.05) is 5.41 Å². The molecular formula is C11H16N2O3. The largest absolute Gasteiger partial charge is 0.460 e. The Kier molecular flexibility index (Phi) is 2.69. The Morgan fingerprint density at radius 2 is 2.25 bits per heavy atom. The van der Waals surface area contributed by atoms with Crippen molar-refractivity contribution in [3.8, 4) is 0 Å². The van der Waals surface area contributed by atoms with E-state index >= 15 is 0 Å². The van der Waals surface area contributed by atoms with Crippen LogP contribution < -0.4 is 0 Å². The summed E-state index contributed by atoms with van der Waals surface area (Å²) in [6.07, 6.45) is 2.37. The van der Waals surface area contributed by atoms with E-state index in [-0.39, 0.29) is 11.2 Å². The molecule has 0 bridgehead atoms. The zero-order valence-electron chi connectivity index (χ0n) is 9.82. The van der Waals surface area contributed by atoms with E-state index in [0.717, 1.165) is 0 Å². The standard InChI is InChI=1S/C11H16N2O3/c1-4-15-9(14)8-12-10(16-13-8)11(2,3)7-5-6-7/h7H,4-6H2,1-3H3. The van der Waals surface area contributed by atoms with Crippen LogP contribution in [0.5, 0.6) is 0 Å². The molecule has 5 nitrogen and oxygen atoms in total. The van der Waals surface area contributed by atoms with Crippen molar-refractivity contribution in [3.63, 3.8) is 0 Å². The zero-order valence-corrected chi connectivity index (χ0v) is 9.82. The lowest BCUT2D eigenvalue weighted by Gasteiger charge is -2.18. The lowest BCUT2D eigenvalue weighted by atomic mass is 9.87. The van der Waals surface area contributed by atoms with Crippen LogP contribution in [0.1, 0.15) is 50.1 Å². The van der Waals surface area contributed by atoms with Gasteiger partial charge in [-0.15, -0.1) is 0 Å². The van der Waals surface area contributed by atoms with E-state index in [1.165, 1.54) is 12.8 Å². The fourth-order valence-corrected chi connectivity index (χ4v) is 1.74. The van der Waals surface area contributed by atoms with Crippen molar-refractivity contribution < 1.29 is 14.1 Å². The van der Waals surface area contributed by atoms with Gasteiger partial charge in [0.25, 0.3) is 5.82 Å². The van der Waals surface area contributed by atoms with Gasteiger partial charge in [-0.25, -0.2) is 4.79 Å². The quantitative estimate of drug-likeness (QED) is 0.731. The minimum atomic E-state index is -0.524. The fourth-order valence-electron chi connectivity index (χ4n) is 1.74. The van der Waals surface area contributed by atoms with Crippen molar-refractivity contribution in [1.82, 2.24) is 10.1 Å². The second kappa shape index (κ2) is 3.88. The number of rotatable bonds is 4. The molecule has 0 aliphatic heterocycles. The van der Waals surface area contributed by atoms with E-state index in [2.05, 4.69) is 24.0 Å². The van der Waals surface area contributed by atoms with E-state index in [1.54, 1.807) is 6.92 Å². The Bertz CT molecular complexity index is 394. The molecule has 0 radical (unpaired) electrons. The van der Waals surface area contributed by atoms with Crippen molar-refractivity contribution in [2.45, 2.75) is 39.0 Å². The van der Waals surface area contributed by atoms with E-state index in [0.29, 0.717) is 18.4 Å². The Labute approximate surface area is 94.2 Å². The van der Waals surface area contributed by atoms with Gasteiger partial charge in [-0.3, -0.25) is 0 Å². The Morgan fingerprint density at radius 3 is 2.81 bits per heavy atom. The van der Waals surface area contributed by atoms with Crippen LogP contribution in [0, 0.1) is 5.92 Å². The van der Waals surface area contributed by atoms with E-state index in [9.17, 15) is 4.79 Å². The predicted octanol–water partition coefficient (Wildman–Crippen LogP) is 1.93. The molecule has 88 valence electrons. The van der Waals surface area contributed by atoms with Gasteiger partial charge in [0.15, 0.2) is 0 Å². The minimum absolute atomic E-state index is 0.0191. The molecule has 16 heavy (non-hydrogen) atoms. The zero-order chi connectivity index (χ0) is 11.8. The molecule has 0 amide bonds. The molecule has 1 fully saturated rings. The molecule has 1 aliphatic carbocycles. The number of nitrogens with zero attached hydrogens (tertiary/aromatic N) is 2. The van der Waals surface area contributed by atoms with Gasteiger partial charge in [0.05, 0.1) is 6.61 Å². The van der Waals surface area contributed by atoms with Gasteiger partial charge in [-0.2, -0.15) is 4.98 Å². The van der Waals surface area contributed by atoms with Crippen molar-refractivity contribution in [2.24, 2.45) is 5.92 Å². The number of carbonyl (C=O) groups excluding carboxylic acids is 1. The highest BCUT2D eigenvalue weighted by atomic mass is 16.5. The van der Waals surface area contributed by atoms with Gasteiger partial charge in [0.1, 0.15) is 0 Å². The summed E-state index contributed by atoms with van der Waals surface area (Å²) in [6, 6.07) is 0. The molecule has 0 spiro atoms. The van der Waals surface area contributed by atoms with Crippen LogP contribution in [0.2, 0.25) is 0 Å². The monoisotopic (exact) mass is 224 g/mol. The van der Waals surface area contributed by atoms with Gasteiger partial charge < -0.3 is 9.26 Å². The van der Waals surface area contributed by atoms with Gasteiger partial charge in [-0.05, 0) is 30.8 Å². The topological polar surface area (TPSA) is 65.2 Å². The summed E-state index contributed by atoms with van der Waals surface area (Å²) in [5.74, 6) is 0.607. The lowest BCUT2D eigenvalue weighted by molar-refractivity contribution is 0.0508. The summed E-state index contributed by atoms with van der Waals surface area (Å²) in [4.78, 5) is 15.5. The smallest absolute Gasteiger partial charge is 0.379 e. The third-order valence-corrected chi connectivity index (χ3v) is 3.03. The van der Waals surface area contributed by atoms with Gasteiger partial charge >= 0.3 is 5.97 Å². The normalized spacial score (nSPS) is 16.2. The third kappa shape index (κ3) is 1.94. The summed E-state index contributed by atoms with van der Waals surface area (Å²) in [5, 5.41) is 3.65. The molecule has 1 aromatic rings. The highest BCUT2D eigenvalue weighted by molar-refractivity contribution is 5.84. The molecule has 2 rings (SSSR count). The van der Waals surface area contributed by atoms with Gasteiger partial charge in [0.2, 0.25) is 5.89 Å². The molecule has 1 saturated carbocycles. The van der Waals surface area contributed by atoms with Crippen molar-refractivity contribution >= 4 is 5.97 Å². The molecule has 0 unspecified atom stereocenters. The number of esters is 1. The molecular weight excluding hydrogens is 208 g/mol. The van der Waals surface area contributed by atoms with E-state index < -0.39 is 5.97 Å². The highest BCUT2D eigenvalue weighted by Gasteiger charge is 2.43. The average Bonchev–Trinajstić information content (AvgIpc) is 2.96. The number of hydrogen-bond donors (Lipinski definition) is 0. The van der Waals surface area contributed by atoms with E-state index in [1.807, 2.05) is 0 Å². The first-order valence-corrected chi connectivity index (χ1v) is 5.57. The molecule has 0 N–H and O–H groups in total. The number of carbonyl (C=O) groups is 1. The molecule has 0 aromatic carbocycles. The third-order valence-electron chi connectivity index (χ3n) is 3.03. The van der Waals surface area contributed by atoms with Crippen LogP contribution in [0.15, 0.2) is 4.52 Å². The first-order valence-electron chi connectivity index (χ1n) is 5.57. The summed E-state index contributed by atoms with van der Waals surface area (Å²) in [7, 11) is 0. The Morgan fingerprint density at radius 1 is 1.56 bits per heavy atom. The van der Waals surface area contributed by atoms with Crippen molar-refractivity contribution in [3.05, 3.63) is 11.7 Å². The SMILES string of the molecule is CCOC(=O)c1noc(C(C)(C)C2CC2)n1. The maximum atomic E-state index is 11.4. The molecule has 1 heterocycles. The molecule has 1 aromatic heterocycles. The maximum Gasteiger partial charge on any atom is 0.379 e. The molecule has 1 aliphatic rings. The summed E-state index contributed by atoms with van der Waals surface area (Å²) < 4.78 is 9.94. The summed E-state index contributed by atoms with van der Waals surface area (Å²) >= 11 is 0. The highest BCUT2D eigenvalue weighted by Crippen LogP contribution is 2.46. The van der Waals surface area contributed by atoms with Crippen molar-refractivity contribution in [1.29, 1.82) is 0 Å².